The van der Waals surface area contributed by atoms with Gasteiger partial charge in [-0.15, -0.1) is 0 Å². The lowest BCUT2D eigenvalue weighted by Crippen LogP contribution is -2.20. The van der Waals surface area contributed by atoms with Gasteiger partial charge in [0.25, 0.3) is 10.0 Å². The van der Waals surface area contributed by atoms with Gasteiger partial charge in [-0.3, -0.25) is 0 Å². The van der Waals surface area contributed by atoms with E-state index in [0.717, 1.165) is 5.56 Å². The Balaban J connectivity index is 2.30. The van der Waals surface area contributed by atoms with Crippen LogP contribution in [0.15, 0.2) is 34.3 Å². The summed E-state index contributed by atoms with van der Waals surface area (Å²) in [5, 5.41) is 4.27. The summed E-state index contributed by atoms with van der Waals surface area (Å²) < 4.78 is 36.7. The van der Waals surface area contributed by atoms with Crippen molar-refractivity contribution in [2.75, 3.05) is 6.61 Å². The van der Waals surface area contributed by atoms with Crippen LogP contribution in [0, 0.1) is 20.8 Å². The average molecular weight is 439 g/mol. The van der Waals surface area contributed by atoms with E-state index >= 15 is 0 Å². The lowest BCUT2D eigenvalue weighted by molar-refractivity contribution is 0.224. The first-order valence-electron chi connectivity index (χ1n) is 9.30. The van der Waals surface area contributed by atoms with Gasteiger partial charge in [-0.2, -0.15) is 13.5 Å². The molecule has 0 saturated carbocycles. The van der Waals surface area contributed by atoms with E-state index in [9.17, 15) is 8.42 Å². The molecule has 2 rings (SSSR count). The molecule has 0 aliphatic carbocycles. The van der Waals surface area contributed by atoms with Crippen LogP contribution in [0.2, 0.25) is 5.02 Å². The van der Waals surface area contributed by atoms with E-state index in [1.165, 1.54) is 6.21 Å². The second-order valence-electron chi connectivity index (χ2n) is 7.01. The standard InChI is InChI=1S/C21H27ClN2O4S/c1-7-27-19-11-17(10-18(22)20(19)28-13(2)3)12-23-24-29(25,26)21-15(5)8-14(4)9-16(21)6/h8-13,24H,7H2,1-6H3/b23-12+. The van der Waals surface area contributed by atoms with Crippen molar-refractivity contribution in [3.8, 4) is 11.5 Å². The molecule has 0 amide bonds. The topological polar surface area (TPSA) is 77.0 Å². The van der Waals surface area contributed by atoms with Gasteiger partial charge >= 0.3 is 0 Å². The Kier molecular flexibility index (Phi) is 7.54. The van der Waals surface area contributed by atoms with Crippen molar-refractivity contribution in [3.05, 3.63) is 51.5 Å². The third-order valence-electron chi connectivity index (χ3n) is 3.95. The Morgan fingerprint density at radius 1 is 1.14 bits per heavy atom. The molecule has 0 aliphatic rings. The van der Waals surface area contributed by atoms with Crippen molar-refractivity contribution >= 4 is 27.8 Å². The number of nitrogens with one attached hydrogen (secondary N) is 1. The quantitative estimate of drug-likeness (QED) is 0.476. The molecule has 0 aromatic heterocycles. The fourth-order valence-corrected chi connectivity index (χ4v) is 4.59. The molecule has 8 heteroatoms. The molecule has 2 aromatic carbocycles. The highest BCUT2D eigenvalue weighted by Crippen LogP contribution is 2.37. The molecule has 0 bridgehead atoms. The molecule has 29 heavy (non-hydrogen) atoms. The lowest BCUT2D eigenvalue weighted by atomic mass is 10.1. The number of benzene rings is 2. The van der Waals surface area contributed by atoms with Crippen LogP contribution in [0.5, 0.6) is 11.5 Å². The van der Waals surface area contributed by atoms with Gasteiger partial charge in [0, 0.05) is 0 Å². The van der Waals surface area contributed by atoms with Crippen molar-refractivity contribution in [2.45, 2.75) is 52.5 Å². The maximum Gasteiger partial charge on any atom is 0.277 e. The molecule has 0 saturated heterocycles. The van der Waals surface area contributed by atoms with Gasteiger partial charge in [0.05, 0.1) is 28.8 Å². The van der Waals surface area contributed by atoms with Gasteiger partial charge in [-0.05, 0) is 70.4 Å². The highest BCUT2D eigenvalue weighted by atomic mass is 35.5. The third kappa shape index (κ3) is 5.87. The van der Waals surface area contributed by atoms with E-state index in [-0.39, 0.29) is 11.0 Å². The van der Waals surface area contributed by atoms with Gasteiger partial charge in [0.15, 0.2) is 11.5 Å². The summed E-state index contributed by atoms with van der Waals surface area (Å²) in [5.41, 5.74) is 2.92. The zero-order chi connectivity index (χ0) is 21.8. The van der Waals surface area contributed by atoms with Gasteiger partial charge in [0.1, 0.15) is 0 Å². The van der Waals surface area contributed by atoms with E-state index in [4.69, 9.17) is 21.1 Å². The summed E-state index contributed by atoms with van der Waals surface area (Å²) >= 11 is 6.33. The Hall–Kier alpha value is -2.25. The lowest BCUT2D eigenvalue weighted by Gasteiger charge is -2.16. The summed E-state index contributed by atoms with van der Waals surface area (Å²) in [7, 11) is -3.80. The van der Waals surface area contributed by atoms with Crippen LogP contribution in [-0.4, -0.2) is 27.3 Å². The number of rotatable bonds is 8. The van der Waals surface area contributed by atoms with Crippen molar-refractivity contribution in [2.24, 2.45) is 5.10 Å². The van der Waals surface area contributed by atoms with Crippen LogP contribution >= 0.6 is 11.6 Å². The fourth-order valence-electron chi connectivity index (χ4n) is 3.08. The van der Waals surface area contributed by atoms with Crippen LogP contribution in [0.25, 0.3) is 0 Å². The number of aryl methyl sites for hydroxylation is 3. The van der Waals surface area contributed by atoms with E-state index in [1.807, 2.05) is 39.8 Å². The third-order valence-corrected chi connectivity index (χ3v) is 5.75. The van der Waals surface area contributed by atoms with Crippen molar-refractivity contribution in [1.29, 1.82) is 0 Å². The zero-order valence-corrected chi connectivity index (χ0v) is 19.1. The number of halogens is 1. The fraction of sp³-hybridized carbons (Fsp3) is 0.381. The maximum atomic E-state index is 12.7. The maximum absolute atomic E-state index is 12.7. The van der Waals surface area contributed by atoms with Crippen LogP contribution in [-0.2, 0) is 10.0 Å². The Morgan fingerprint density at radius 3 is 2.31 bits per heavy atom. The second-order valence-corrected chi connectivity index (χ2v) is 9.02. The molecule has 0 heterocycles. The molecule has 158 valence electrons. The average Bonchev–Trinajstić information content (AvgIpc) is 2.56. The smallest absolute Gasteiger partial charge is 0.277 e. The molecule has 0 atom stereocenters. The minimum atomic E-state index is -3.80. The highest BCUT2D eigenvalue weighted by molar-refractivity contribution is 7.89. The second kappa shape index (κ2) is 9.50. The number of hydrogen-bond donors (Lipinski definition) is 1. The molecule has 0 aliphatic heterocycles. The van der Waals surface area contributed by atoms with Gasteiger partial charge in [0.2, 0.25) is 0 Å². The molecule has 2 aromatic rings. The van der Waals surface area contributed by atoms with Gasteiger partial charge < -0.3 is 9.47 Å². The largest absolute Gasteiger partial charge is 0.490 e. The van der Waals surface area contributed by atoms with Crippen molar-refractivity contribution in [1.82, 2.24) is 4.83 Å². The predicted molar refractivity (Wildman–Crippen MR) is 117 cm³/mol. The summed E-state index contributed by atoms with van der Waals surface area (Å²) in [6, 6.07) is 7.00. The minimum absolute atomic E-state index is 0.0704. The minimum Gasteiger partial charge on any atom is -0.490 e. The van der Waals surface area contributed by atoms with Crippen LogP contribution < -0.4 is 14.3 Å². The van der Waals surface area contributed by atoms with Gasteiger partial charge in [-0.1, -0.05) is 29.3 Å². The van der Waals surface area contributed by atoms with E-state index < -0.39 is 10.0 Å². The SMILES string of the molecule is CCOc1cc(/C=N/NS(=O)(=O)c2c(C)cc(C)cc2C)cc(Cl)c1OC(C)C. The number of hydrazone groups is 1. The number of hydrogen-bond acceptors (Lipinski definition) is 5. The number of nitrogens with zero attached hydrogens (tertiary/aromatic N) is 1. The summed E-state index contributed by atoms with van der Waals surface area (Å²) in [5.74, 6) is 0.926. The first-order chi connectivity index (χ1) is 13.5. The first-order valence-corrected chi connectivity index (χ1v) is 11.2. The highest BCUT2D eigenvalue weighted by Gasteiger charge is 2.19. The summed E-state index contributed by atoms with van der Waals surface area (Å²) in [6.45, 7) is 11.5. The Bertz CT molecular complexity index is 995. The normalized spacial score (nSPS) is 11.9. The molecule has 0 unspecified atom stereocenters. The van der Waals surface area contributed by atoms with Crippen LogP contribution in [0.3, 0.4) is 0 Å². The van der Waals surface area contributed by atoms with E-state index in [2.05, 4.69) is 9.93 Å². The summed E-state index contributed by atoms with van der Waals surface area (Å²) in [4.78, 5) is 2.50. The monoisotopic (exact) mass is 438 g/mol. The predicted octanol–water partition coefficient (Wildman–Crippen LogP) is 4.76. The molecule has 0 radical (unpaired) electrons. The first kappa shape index (κ1) is 23.0. The Morgan fingerprint density at radius 2 is 1.76 bits per heavy atom. The summed E-state index contributed by atoms with van der Waals surface area (Å²) in [6.07, 6.45) is 1.31. The molecule has 1 N–H and O–H groups in total. The van der Waals surface area contributed by atoms with Crippen molar-refractivity contribution < 1.29 is 17.9 Å². The van der Waals surface area contributed by atoms with E-state index in [0.29, 0.717) is 39.8 Å². The van der Waals surface area contributed by atoms with E-state index in [1.54, 1.807) is 26.0 Å². The zero-order valence-electron chi connectivity index (χ0n) is 17.5. The molecule has 0 spiro atoms. The molecular formula is C21H27ClN2O4S. The van der Waals surface area contributed by atoms with Crippen molar-refractivity contribution in [3.63, 3.8) is 0 Å². The number of sulfonamides is 1. The molecular weight excluding hydrogens is 412 g/mol. The Labute approximate surface area is 177 Å². The van der Waals surface area contributed by atoms with Crippen LogP contribution in [0.4, 0.5) is 0 Å². The molecule has 6 nitrogen and oxygen atoms in total. The van der Waals surface area contributed by atoms with Crippen LogP contribution in [0.1, 0.15) is 43.0 Å². The molecule has 0 fully saturated rings. The number of ether oxygens (including phenoxy) is 2. The van der Waals surface area contributed by atoms with Gasteiger partial charge in [-0.25, -0.2) is 4.83 Å².